The van der Waals surface area contributed by atoms with Gasteiger partial charge in [-0.25, -0.2) is 0 Å². The predicted octanol–water partition coefficient (Wildman–Crippen LogP) is 5.39. The lowest BCUT2D eigenvalue weighted by molar-refractivity contribution is 0.408. The van der Waals surface area contributed by atoms with E-state index in [4.69, 9.17) is 9.47 Å². The van der Waals surface area contributed by atoms with E-state index in [2.05, 4.69) is 43.1 Å². The normalized spacial score (nSPS) is 24.2. The Morgan fingerprint density at radius 3 is 1.59 bits per heavy atom. The topological polar surface area (TPSA) is 18.5 Å². The molecule has 3 heteroatoms. The Bertz CT molecular complexity index is 585. The molecule has 2 atom stereocenters. The molecule has 1 aliphatic heterocycles. The first-order chi connectivity index (χ1) is 10.8. The summed E-state index contributed by atoms with van der Waals surface area (Å²) in [7, 11) is 3.39. The van der Waals surface area contributed by atoms with Crippen LogP contribution in [0.1, 0.15) is 35.3 Å². The van der Waals surface area contributed by atoms with Gasteiger partial charge in [-0.2, -0.15) is 0 Å². The van der Waals surface area contributed by atoms with Gasteiger partial charge in [-0.1, -0.05) is 44.3 Å². The number of ether oxygens (including phenoxy) is 2. The van der Waals surface area contributed by atoms with E-state index in [1.54, 1.807) is 14.2 Å². The third-order valence-electron chi connectivity index (χ3n) is 4.69. The smallest absolute Gasteiger partial charge is 0.122 e. The number of benzene rings is 2. The van der Waals surface area contributed by atoms with Gasteiger partial charge in [0.2, 0.25) is 0 Å². The number of hydrogen-bond donors (Lipinski definition) is 0. The van der Waals surface area contributed by atoms with Gasteiger partial charge in [0.15, 0.2) is 0 Å². The van der Waals surface area contributed by atoms with Crippen LogP contribution in [0, 0.1) is 0 Å². The zero-order valence-electron chi connectivity index (χ0n) is 13.5. The summed E-state index contributed by atoms with van der Waals surface area (Å²) in [5, 5.41) is 0. The molecule has 0 saturated carbocycles. The Labute approximate surface area is 134 Å². The van der Waals surface area contributed by atoms with Gasteiger partial charge in [-0.05, 0) is 31.6 Å². The second-order valence-corrected chi connectivity index (χ2v) is 8.34. The highest BCUT2D eigenvalue weighted by Gasteiger charge is 2.36. The summed E-state index contributed by atoms with van der Waals surface area (Å²) in [5.74, 6) is 2.06. The Balaban J connectivity index is 1.90. The minimum Gasteiger partial charge on any atom is -0.496 e. The average molecular weight is 314 g/mol. The molecule has 3 rings (SSSR count). The summed E-state index contributed by atoms with van der Waals surface area (Å²) < 4.78 is 11.2. The number of para-hydroxylation sites is 2. The van der Waals surface area contributed by atoms with E-state index in [1.165, 1.54) is 24.0 Å². The fourth-order valence-electron chi connectivity index (χ4n) is 3.57. The number of rotatable bonds is 4. The van der Waals surface area contributed by atoms with Crippen molar-refractivity contribution in [2.24, 2.45) is 0 Å². The van der Waals surface area contributed by atoms with Crippen LogP contribution >= 0.6 is 7.92 Å². The van der Waals surface area contributed by atoms with Crippen LogP contribution < -0.4 is 9.47 Å². The molecule has 2 aromatic carbocycles. The van der Waals surface area contributed by atoms with E-state index in [0.29, 0.717) is 11.3 Å². The van der Waals surface area contributed by atoms with Crippen LogP contribution in [0.4, 0.5) is 0 Å². The number of methoxy groups -OCH3 is 2. The Kier molecular flexibility index (Phi) is 4.69. The van der Waals surface area contributed by atoms with E-state index in [-0.39, 0.29) is 7.92 Å². The number of hydrogen-bond acceptors (Lipinski definition) is 2. The lowest BCUT2D eigenvalue weighted by Crippen LogP contribution is -1.98. The minimum absolute atomic E-state index is 0.148. The van der Waals surface area contributed by atoms with Gasteiger partial charge in [0, 0.05) is 22.4 Å². The molecule has 1 heterocycles. The van der Waals surface area contributed by atoms with Crippen LogP contribution in [-0.2, 0) is 0 Å². The van der Waals surface area contributed by atoms with Gasteiger partial charge in [0.05, 0.1) is 14.2 Å². The van der Waals surface area contributed by atoms with Gasteiger partial charge < -0.3 is 9.47 Å². The fourth-order valence-corrected chi connectivity index (χ4v) is 6.42. The van der Waals surface area contributed by atoms with Crippen molar-refractivity contribution >= 4 is 7.92 Å². The largest absolute Gasteiger partial charge is 0.496 e. The van der Waals surface area contributed by atoms with Crippen LogP contribution in [-0.4, -0.2) is 20.9 Å². The quantitative estimate of drug-likeness (QED) is 0.704. The highest BCUT2D eigenvalue weighted by Crippen LogP contribution is 2.69. The summed E-state index contributed by atoms with van der Waals surface area (Å²) in [6.07, 6.45) is 2.45. The Morgan fingerprint density at radius 2 is 1.18 bits per heavy atom. The predicted molar refractivity (Wildman–Crippen MR) is 93.5 cm³/mol. The molecule has 1 aliphatic rings. The minimum atomic E-state index is -0.148. The first kappa shape index (κ1) is 15.4. The molecule has 0 aliphatic carbocycles. The van der Waals surface area contributed by atoms with Gasteiger partial charge in [0.1, 0.15) is 11.5 Å². The molecule has 2 nitrogen and oxygen atoms in total. The SMILES string of the molecule is COc1ccccc1C1CCC(c2ccccc2OC)P1C. The van der Waals surface area contributed by atoms with Crippen LogP contribution in [0.5, 0.6) is 11.5 Å². The summed E-state index contributed by atoms with van der Waals surface area (Å²) in [4.78, 5) is 0. The highest BCUT2D eigenvalue weighted by atomic mass is 31.1. The Morgan fingerprint density at radius 1 is 0.773 bits per heavy atom. The molecular weight excluding hydrogens is 291 g/mol. The first-order valence-corrected chi connectivity index (χ1v) is 9.66. The second kappa shape index (κ2) is 6.71. The van der Waals surface area contributed by atoms with Crippen LogP contribution in [0.3, 0.4) is 0 Å². The fraction of sp³-hybridized carbons (Fsp3) is 0.368. The molecule has 0 spiro atoms. The van der Waals surface area contributed by atoms with Crippen LogP contribution in [0.25, 0.3) is 0 Å². The highest BCUT2D eigenvalue weighted by molar-refractivity contribution is 7.58. The van der Waals surface area contributed by atoms with Crippen molar-refractivity contribution in [2.75, 3.05) is 20.9 Å². The van der Waals surface area contributed by atoms with Crippen molar-refractivity contribution in [3.05, 3.63) is 59.7 Å². The van der Waals surface area contributed by atoms with E-state index in [9.17, 15) is 0 Å². The van der Waals surface area contributed by atoms with Crippen molar-refractivity contribution in [2.45, 2.75) is 24.2 Å². The first-order valence-electron chi connectivity index (χ1n) is 7.74. The lowest BCUT2D eigenvalue weighted by Gasteiger charge is -2.24. The summed E-state index contributed by atoms with van der Waals surface area (Å²) in [6.45, 7) is 2.43. The maximum absolute atomic E-state index is 5.58. The Hall–Kier alpha value is -1.53. The molecule has 0 aromatic heterocycles. The third-order valence-corrected chi connectivity index (χ3v) is 7.73. The van der Waals surface area contributed by atoms with Crippen molar-refractivity contribution in [1.82, 2.24) is 0 Å². The van der Waals surface area contributed by atoms with Crippen LogP contribution in [0.15, 0.2) is 48.5 Å². The molecule has 0 bridgehead atoms. The summed E-state index contributed by atoms with van der Waals surface area (Å²) in [5.41, 5.74) is 3.97. The summed E-state index contributed by atoms with van der Waals surface area (Å²) >= 11 is 0. The van der Waals surface area contributed by atoms with E-state index < -0.39 is 0 Å². The molecule has 1 fully saturated rings. The monoisotopic (exact) mass is 314 g/mol. The molecule has 0 N–H and O–H groups in total. The molecule has 22 heavy (non-hydrogen) atoms. The zero-order valence-corrected chi connectivity index (χ0v) is 14.3. The molecule has 0 amide bonds. The average Bonchev–Trinajstić information content (AvgIpc) is 2.96. The molecule has 1 saturated heterocycles. The van der Waals surface area contributed by atoms with E-state index >= 15 is 0 Å². The van der Waals surface area contributed by atoms with Crippen molar-refractivity contribution < 1.29 is 9.47 Å². The van der Waals surface area contributed by atoms with Gasteiger partial charge in [-0.3, -0.25) is 0 Å². The molecule has 2 aromatic rings. The van der Waals surface area contributed by atoms with Crippen molar-refractivity contribution in [1.29, 1.82) is 0 Å². The van der Waals surface area contributed by atoms with Crippen LogP contribution in [0.2, 0.25) is 0 Å². The van der Waals surface area contributed by atoms with Gasteiger partial charge in [0.25, 0.3) is 0 Å². The molecular formula is C19H23O2P. The van der Waals surface area contributed by atoms with Crippen molar-refractivity contribution in [3.63, 3.8) is 0 Å². The molecule has 0 radical (unpaired) electrons. The second-order valence-electron chi connectivity index (χ2n) is 5.76. The molecule has 2 unspecified atom stereocenters. The lowest BCUT2D eigenvalue weighted by atomic mass is 10.0. The maximum atomic E-state index is 5.58. The standard InChI is InChI=1S/C19H23O2P/c1-20-16-10-6-4-8-14(16)18-12-13-19(22(18)3)15-9-5-7-11-17(15)21-2/h4-11,18-19H,12-13H2,1-3H3. The van der Waals surface area contributed by atoms with Gasteiger partial charge in [-0.15, -0.1) is 0 Å². The maximum Gasteiger partial charge on any atom is 0.122 e. The molecule has 116 valence electrons. The van der Waals surface area contributed by atoms with E-state index in [0.717, 1.165) is 11.5 Å². The van der Waals surface area contributed by atoms with E-state index in [1.807, 2.05) is 12.1 Å². The van der Waals surface area contributed by atoms with Gasteiger partial charge >= 0.3 is 0 Å². The van der Waals surface area contributed by atoms with Crippen molar-refractivity contribution in [3.8, 4) is 11.5 Å². The zero-order chi connectivity index (χ0) is 15.5. The third kappa shape index (κ3) is 2.73. The summed E-state index contributed by atoms with van der Waals surface area (Å²) in [6, 6.07) is 17.0.